The summed E-state index contributed by atoms with van der Waals surface area (Å²) < 4.78 is 10.9. The van der Waals surface area contributed by atoms with Crippen LogP contribution in [0.5, 0.6) is 11.5 Å². The van der Waals surface area contributed by atoms with Crippen LogP contribution in [0.4, 0.5) is 0 Å². The van der Waals surface area contributed by atoms with E-state index < -0.39 is 0 Å². The van der Waals surface area contributed by atoms with Gasteiger partial charge >= 0.3 is 0 Å². The van der Waals surface area contributed by atoms with Gasteiger partial charge in [-0.3, -0.25) is 0 Å². The highest BCUT2D eigenvalue weighted by atomic mass is 35.5. The van der Waals surface area contributed by atoms with Gasteiger partial charge in [0.05, 0.1) is 7.11 Å². The molecular weight excluding hydrogens is 286 g/mol. The number of aryl methyl sites for hydroxylation is 1. The minimum atomic E-state index is 0.624. The molecule has 21 heavy (non-hydrogen) atoms. The molecule has 0 amide bonds. The lowest BCUT2D eigenvalue weighted by atomic mass is 10.2. The summed E-state index contributed by atoms with van der Waals surface area (Å²) in [7, 11) is 1.67. The van der Waals surface area contributed by atoms with Gasteiger partial charge in [-0.15, -0.1) is 0 Å². The Morgan fingerprint density at radius 3 is 2.52 bits per heavy atom. The fourth-order valence-electron chi connectivity index (χ4n) is 1.98. The highest BCUT2D eigenvalue weighted by Gasteiger charge is 2.00. The third-order valence-corrected chi connectivity index (χ3v) is 3.40. The molecule has 0 aromatic heterocycles. The van der Waals surface area contributed by atoms with Crippen LogP contribution in [0.3, 0.4) is 0 Å². The maximum Gasteiger partial charge on any atom is 0.122 e. The fraction of sp³-hybridized carbons (Fsp3) is 0.294. The Balaban J connectivity index is 1.69. The fourth-order valence-corrected chi connectivity index (χ4v) is 2.21. The topological polar surface area (TPSA) is 30.5 Å². The molecule has 4 heteroatoms. The molecule has 0 bridgehead atoms. The summed E-state index contributed by atoms with van der Waals surface area (Å²) in [6.07, 6.45) is 0. The lowest BCUT2D eigenvalue weighted by Crippen LogP contribution is -2.20. The van der Waals surface area contributed by atoms with E-state index >= 15 is 0 Å². The molecule has 0 spiro atoms. The zero-order chi connectivity index (χ0) is 15.1. The molecule has 0 saturated carbocycles. The van der Waals surface area contributed by atoms with E-state index in [0.29, 0.717) is 6.61 Å². The number of nitrogens with one attached hydrogen (secondary N) is 1. The molecule has 112 valence electrons. The summed E-state index contributed by atoms with van der Waals surface area (Å²) in [5.41, 5.74) is 2.27. The smallest absolute Gasteiger partial charge is 0.122 e. The zero-order valence-corrected chi connectivity index (χ0v) is 13.1. The number of benzene rings is 2. The van der Waals surface area contributed by atoms with Crippen molar-refractivity contribution < 1.29 is 9.47 Å². The number of methoxy groups -OCH3 is 1. The highest BCUT2D eigenvalue weighted by Crippen LogP contribution is 2.21. The normalized spacial score (nSPS) is 10.4. The van der Waals surface area contributed by atoms with Crippen molar-refractivity contribution in [1.82, 2.24) is 5.32 Å². The van der Waals surface area contributed by atoms with E-state index in [2.05, 4.69) is 17.4 Å². The van der Waals surface area contributed by atoms with Crippen molar-refractivity contribution in [3.05, 3.63) is 58.6 Å². The van der Waals surface area contributed by atoms with Crippen molar-refractivity contribution in [2.24, 2.45) is 0 Å². The largest absolute Gasteiger partial charge is 0.497 e. The van der Waals surface area contributed by atoms with Gasteiger partial charge in [-0.1, -0.05) is 23.7 Å². The van der Waals surface area contributed by atoms with E-state index in [0.717, 1.165) is 35.2 Å². The number of rotatable bonds is 7. The predicted octanol–water partition coefficient (Wildman–Crippen LogP) is 3.83. The highest BCUT2D eigenvalue weighted by molar-refractivity contribution is 6.30. The Morgan fingerprint density at radius 1 is 1.10 bits per heavy atom. The van der Waals surface area contributed by atoms with Crippen LogP contribution in [0, 0.1) is 6.92 Å². The lowest BCUT2D eigenvalue weighted by Gasteiger charge is -2.10. The van der Waals surface area contributed by atoms with Gasteiger partial charge in [-0.05, 0) is 48.4 Å². The van der Waals surface area contributed by atoms with Crippen LogP contribution >= 0.6 is 11.6 Å². The number of hydrogen-bond acceptors (Lipinski definition) is 3. The van der Waals surface area contributed by atoms with E-state index in [1.807, 2.05) is 37.3 Å². The van der Waals surface area contributed by atoms with Gasteiger partial charge in [0, 0.05) is 18.1 Å². The lowest BCUT2D eigenvalue weighted by molar-refractivity contribution is 0.311. The van der Waals surface area contributed by atoms with Gasteiger partial charge in [0.1, 0.15) is 18.1 Å². The summed E-state index contributed by atoms with van der Waals surface area (Å²) in [5, 5.41) is 4.08. The SMILES string of the molecule is COc1ccc(CNCCOc2ccc(Cl)cc2C)cc1. The second kappa shape index (κ2) is 7.91. The minimum Gasteiger partial charge on any atom is -0.497 e. The first-order valence-corrected chi connectivity index (χ1v) is 7.29. The van der Waals surface area contributed by atoms with Crippen LogP contribution < -0.4 is 14.8 Å². The van der Waals surface area contributed by atoms with E-state index in [1.165, 1.54) is 5.56 Å². The van der Waals surface area contributed by atoms with Crippen molar-refractivity contribution in [3.63, 3.8) is 0 Å². The third kappa shape index (κ3) is 4.96. The van der Waals surface area contributed by atoms with Gasteiger partial charge in [-0.2, -0.15) is 0 Å². The molecule has 0 unspecified atom stereocenters. The Hall–Kier alpha value is -1.71. The summed E-state index contributed by atoms with van der Waals surface area (Å²) in [6.45, 7) is 4.21. The Morgan fingerprint density at radius 2 is 1.86 bits per heavy atom. The maximum atomic E-state index is 5.91. The van der Waals surface area contributed by atoms with Crippen LogP contribution in [0.15, 0.2) is 42.5 Å². The van der Waals surface area contributed by atoms with Gasteiger partial charge in [0.2, 0.25) is 0 Å². The van der Waals surface area contributed by atoms with E-state index in [9.17, 15) is 0 Å². The van der Waals surface area contributed by atoms with Gasteiger partial charge in [-0.25, -0.2) is 0 Å². The second-order valence-electron chi connectivity index (χ2n) is 4.78. The molecule has 0 saturated heterocycles. The van der Waals surface area contributed by atoms with Crippen molar-refractivity contribution in [3.8, 4) is 11.5 Å². The monoisotopic (exact) mass is 305 g/mol. The molecule has 1 N–H and O–H groups in total. The summed E-state index contributed by atoms with van der Waals surface area (Å²) >= 11 is 5.91. The van der Waals surface area contributed by atoms with Crippen LogP contribution in [0.1, 0.15) is 11.1 Å². The predicted molar refractivity (Wildman–Crippen MR) is 86.4 cm³/mol. The van der Waals surface area contributed by atoms with Crippen LogP contribution in [-0.2, 0) is 6.54 Å². The van der Waals surface area contributed by atoms with Crippen molar-refractivity contribution in [1.29, 1.82) is 0 Å². The maximum absolute atomic E-state index is 5.91. The van der Waals surface area contributed by atoms with Crippen molar-refractivity contribution in [2.75, 3.05) is 20.3 Å². The van der Waals surface area contributed by atoms with Gasteiger partial charge in [0.15, 0.2) is 0 Å². The Kier molecular flexibility index (Phi) is 5.90. The first kappa shape index (κ1) is 15.7. The summed E-state index contributed by atoms with van der Waals surface area (Å²) in [6, 6.07) is 13.7. The first-order valence-electron chi connectivity index (χ1n) is 6.91. The van der Waals surface area contributed by atoms with E-state index in [4.69, 9.17) is 21.1 Å². The first-order chi connectivity index (χ1) is 10.2. The molecule has 2 rings (SSSR count). The molecular formula is C17H20ClNO2. The number of ether oxygens (including phenoxy) is 2. The minimum absolute atomic E-state index is 0.624. The van der Waals surface area contributed by atoms with Crippen molar-refractivity contribution in [2.45, 2.75) is 13.5 Å². The molecule has 0 aliphatic rings. The quantitative estimate of drug-likeness (QED) is 0.789. The molecule has 2 aromatic rings. The molecule has 0 aliphatic carbocycles. The third-order valence-electron chi connectivity index (χ3n) is 3.16. The molecule has 0 heterocycles. The molecule has 2 aromatic carbocycles. The number of halogens is 1. The molecule has 0 radical (unpaired) electrons. The van der Waals surface area contributed by atoms with Gasteiger partial charge in [0.25, 0.3) is 0 Å². The summed E-state index contributed by atoms with van der Waals surface area (Å²) in [5.74, 6) is 1.76. The molecule has 0 aliphatic heterocycles. The molecule has 0 atom stereocenters. The Labute approximate surface area is 130 Å². The van der Waals surface area contributed by atoms with Crippen LogP contribution in [0.25, 0.3) is 0 Å². The number of hydrogen-bond donors (Lipinski definition) is 1. The zero-order valence-electron chi connectivity index (χ0n) is 12.4. The van der Waals surface area contributed by atoms with Crippen molar-refractivity contribution >= 4 is 11.6 Å². The van der Waals surface area contributed by atoms with E-state index in [1.54, 1.807) is 7.11 Å². The van der Waals surface area contributed by atoms with Crippen LogP contribution in [-0.4, -0.2) is 20.3 Å². The summed E-state index contributed by atoms with van der Waals surface area (Å²) in [4.78, 5) is 0. The molecule has 3 nitrogen and oxygen atoms in total. The average Bonchev–Trinajstić information content (AvgIpc) is 2.49. The standard InChI is InChI=1S/C17H20ClNO2/c1-13-11-15(18)5-8-17(13)21-10-9-19-12-14-3-6-16(20-2)7-4-14/h3-8,11,19H,9-10,12H2,1-2H3. The Bertz CT molecular complexity index is 570. The molecule has 0 fully saturated rings. The van der Waals surface area contributed by atoms with E-state index in [-0.39, 0.29) is 0 Å². The second-order valence-corrected chi connectivity index (χ2v) is 5.22. The van der Waals surface area contributed by atoms with Gasteiger partial charge < -0.3 is 14.8 Å². The van der Waals surface area contributed by atoms with Crippen LogP contribution in [0.2, 0.25) is 5.02 Å². The average molecular weight is 306 g/mol.